The van der Waals surface area contributed by atoms with E-state index < -0.39 is 15.8 Å². The minimum Gasteiger partial charge on any atom is -0.249 e. The lowest BCUT2D eigenvalue weighted by Gasteiger charge is -2.05. The Bertz CT molecular complexity index is 778. The van der Waals surface area contributed by atoms with Crippen molar-refractivity contribution >= 4 is 21.4 Å². The Hall–Kier alpha value is -1.82. The zero-order valence-corrected chi connectivity index (χ0v) is 12.1. The predicted octanol–water partition coefficient (Wildman–Crippen LogP) is 1.94. The first kappa shape index (κ1) is 14.6. The Kier molecular flexibility index (Phi) is 4.13. The van der Waals surface area contributed by atoms with Crippen LogP contribution in [0.5, 0.6) is 0 Å². The zero-order valence-electron chi connectivity index (χ0n) is 10.4. The van der Waals surface area contributed by atoms with Gasteiger partial charge in [-0.05, 0) is 19.1 Å². The van der Waals surface area contributed by atoms with Gasteiger partial charge in [-0.2, -0.15) is 5.26 Å². The molecule has 0 aliphatic heterocycles. The van der Waals surface area contributed by atoms with Gasteiger partial charge in [-0.25, -0.2) is 22.5 Å². The van der Waals surface area contributed by atoms with E-state index >= 15 is 0 Å². The number of aromatic nitrogens is 1. The molecule has 1 aromatic heterocycles. The highest BCUT2D eigenvalue weighted by molar-refractivity contribution is 7.91. The van der Waals surface area contributed by atoms with Gasteiger partial charge in [-0.15, -0.1) is 11.3 Å². The number of thiazole rings is 1. The Morgan fingerprint density at radius 1 is 1.50 bits per heavy atom. The third-order valence-corrected chi connectivity index (χ3v) is 5.27. The van der Waals surface area contributed by atoms with Crippen molar-refractivity contribution in [1.29, 1.82) is 5.26 Å². The molecule has 1 N–H and O–H groups in total. The van der Waals surface area contributed by atoms with Gasteiger partial charge in [0.05, 0.1) is 22.8 Å². The van der Waals surface area contributed by atoms with Crippen molar-refractivity contribution in [3.63, 3.8) is 0 Å². The van der Waals surface area contributed by atoms with Gasteiger partial charge in [0.2, 0.25) is 0 Å². The van der Waals surface area contributed by atoms with Gasteiger partial charge in [0, 0.05) is 12.1 Å². The third kappa shape index (κ3) is 3.19. The van der Waals surface area contributed by atoms with Gasteiger partial charge in [0.15, 0.2) is 4.21 Å². The molecule has 20 heavy (non-hydrogen) atoms. The Morgan fingerprint density at radius 2 is 2.25 bits per heavy atom. The molecule has 8 heteroatoms. The SMILES string of the molecule is Cc1ncc(S(=O)(=O)NCc2ccc(C#N)cc2F)s1. The van der Waals surface area contributed by atoms with E-state index in [4.69, 9.17) is 5.26 Å². The van der Waals surface area contributed by atoms with E-state index in [2.05, 4.69) is 9.71 Å². The molecule has 0 unspecified atom stereocenters. The summed E-state index contributed by atoms with van der Waals surface area (Å²) in [7, 11) is -3.70. The van der Waals surface area contributed by atoms with Crippen LogP contribution in [0.3, 0.4) is 0 Å². The predicted molar refractivity (Wildman–Crippen MR) is 72.0 cm³/mol. The summed E-state index contributed by atoms with van der Waals surface area (Å²) in [6, 6.07) is 5.70. The molecule has 0 fully saturated rings. The number of nitrogens with zero attached hydrogens (tertiary/aromatic N) is 2. The van der Waals surface area contributed by atoms with E-state index in [1.807, 2.05) is 6.07 Å². The van der Waals surface area contributed by atoms with Crippen molar-refractivity contribution in [3.8, 4) is 6.07 Å². The topological polar surface area (TPSA) is 82.8 Å². The molecule has 0 spiro atoms. The quantitative estimate of drug-likeness (QED) is 0.935. The minimum atomic E-state index is -3.70. The Morgan fingerprint density at radius 3 is 2.80 bits per heavy atom. The minimum absolute atomic E-state index is 0.0871. The molecule has 0 radical (unpaired) electrons. The van der Waals surface area contributed by atoms with Crippen molar-refractivity contribution < 1.29 is 12.8 Å². The molecule has 1 heterocycles. The summed E-state index contributed by atoms with van der Waals surface area (Å²) in [5, 5.41) is 9.26. The summed E-state index contributed by atoms with van der Waals surface area (Å²) in [6.45, 7) is 1.51. The van der Waals surface area contributed by atoms with Gasteiger partial charge in [0.25, 0.3) is 10.0 Å². The smallest absolute Gasteiger partial charge is 0.249 e. The van der Waals surface area contributed by atoms with E-state index in [-0.39, 0.29) is 21.9 Å². The van der Waals surface area contributed by atoms with Crippen LogP contribution >= 0.6 is 11.3 Å². The van der Waals surface area contributed by atoms with Crippen molar-refractivity contribution in [1.82, 2.24) is 9.71 Å². The van der Waals surface area contributed by atoms with Gasteiger partial charge < -0.3 is 0 Å². The number of benzene rings is 1. The number of rotatable bonds is 4. The average Bonchev–Trinajstić information content (AvgIpc) is 2.85. The second-order valence-corrected chi connectivity index (χ2v) is 7.17. The van der Waals surface area contributed by atoms with Gasteiger partial charge >= 0.3 is 0 Å². The fourth-order valence-electron chi connectivity index (χ4n) is 1.47. The summed E-state index contributed by atoms with van der Waals surface area (Å²) in [4.78, 5) is 3.87. The maximum atomic E-state index is 13.6. The highest BCUT2D eigenvalue weighted by Crippen LogP contribution is 2.18. The molecule has 0 saturated carbocycles. The summed E-state index contributed by atoms with van der Waals surface area (Å²) in [6.07, 6.45) is 1.26. The Balaban J connectivity index is 2.15. The van der Waals surface area contributed by atoms with Crippen LogP contribution in [0.1, 0.15) is 16.1 Å². The third-order valence-electron chi connectivity index (χ3n) is 2.50. The van der Waals surface area contributed by atoms with Crippen LogP contribution in [0.2, 0.25) is 0 Å². The molecule has 0 amide bonds. The molecule has 0 bridgehead atoms. The molecule has 0 atom stereocenters. The number of sulfonamides is 1. The second-order valence-electron chi connectivity index (χ2n) is 3.94. The van der Waals surface area contributed by atoms with Crippen LogP contribution in [0.4, 0.5) is 4.39 Å². The molecular formula is C12H10FN3O2S2. The van der Waals surface area contributed by atoms with Crippen LogP contribution in [0, 0.1) is 24.1 Å². The van der Waals surface area contributed by atoms with E-state index in [1.54, 1.807) is 6.92 Å². The molecule has 2 aromatic rings. The second kappa shape index (κ2) is 5.66. The number of hydrogen-bond donors (Lipinski definition) is 1. The van der Waals surface area contributed by atoms with E-state index in [0.29, 0.717) is 5.01 Å². The number of aryl methyl sites for hydroxylation is 1. The van der Waals surface area contributed by atoms with Gasteiger partial charge in [-0.3, -0.25) is 0 Å². The number of halogens is 1. The maximum Gasteiger partial charge on any atom is 0.251 e. The largest absolute Gasteiger partial charge is 0.251 e. The van der Waals surface area contributed by atoms with E-state index in [9.17, 15) is 12.8 Å². The van der Waals surface area contributed by atoms with Crippen molar-refractivity contribution in [3.05, 3.63) is 46.3 Å². The first-order valence-electron chi connectivity index (χ1n) is 5.53. The number of hydrogen-bond acceptors (Lipinski definition) is 5. The van der Waals surface area contributed by atoms with Crippen LogP contribution in [0.15, 0.2) is 28.6 Å². The molecule has 2 rings (SSSR count). The van der Waals surface area contributed by atoms with Crippen LogP contribution < -0.4 is 4.72 Å². The zero-order chi connectivity index (χ0) is 14.8. The summed E-state index contributed by atoms with van der Waals surface area (Å²) in [5.74, 6) is -0.618. The summed E-state index contributed by atoms with van der Waals surface area (Å²) >= 11 is 1.04. The highest BCUT2D eigenvalue weighted by Gasteiger charge is 2.17. The summed E-state index contributed by atoms with van der Waals surface area (Å²) < 4.78 is 39.9. The van der Waals surface area contributed by atoms with Gasteiger partial charge in [0.1, 0.15) is 5.82 Å². The van der Waals surface area contributed by atoms with E-state index in [1.165, 1.54) is 18.3 Å². The van der Waals surface area contributed by atoms with Gasteiger partial charge in [-0.1, -0.05) is 6.07 Å². The fourth-order valence-corrected chi connectivity index (χ4v) is 3.63. The summed E-state index contributed by atoms with van der Waals surface area (Å²) in [5.41, 5.74) is 0.362. The highest BCUT2D eigenvalue weighted by atomic mass is 32.2. The number of nitrogens with one attached hydrogen (secondary N) is 1. The molecule has 104 valence electrons. The molecule has 1 aromatic carbocycles. The average molecular weight is 311 g/mol. The van der Waals surface area contributed by atoms with Crippen molar-refractivity contribution in [2.24, 2.45) is 0 Å². The van der Waals surface area contributed by atoms with Crippen LogP contribution in [0.25, 0.3) is 0 Å². The maximum absolute atomic E-state index is 13.6. The first-order valence-corrected chi connectivity index (χ1v) is 7.83. The molecule has 0 aliphatic carbocycles. The van der Waals surface area contributed by atoms with Crippen molar-refractivity contribution in [2.45, 2.75) is 17.7 Å². The first-order chi connectivity index (χ1) is 9.42. The fraction of sp³-hybridized carbons (Fsp3) is 0.167. The standard InChI is InChI=1S/C12H10FN3O2S2/c1-8-15-7-12(19-8)20(17,18)16-6-10-3-2-9(5-14)4-11(10)13/h2-4,7,16H,6H2,1H3. The normalized spacial score (nSPS) is 11.2. The lowest BCUT2D eigenvalue weighted by atomic mass is 10.1. The van der Waals surface area contributed by atoms with Crippen LogP contribution in [-0.2, 0) is 16.6 Å². The number of nitriles is 1. The Labute approximate surface area is 119 Å². The van der Waals surface area contributed by atoms with Crippen LogP contribution in [-0.4, -0.2) is 13.4 Å². The van der Waals surface area contributed by atoms with Crippen molar-refractivity contribution in [2.75, 3.05) is 0 Å². The molecular weight excluding hydrogens is 301 g/mol. The van der Waals surface area contributed by atoms with E-state index in [0.717, 1.165) is 17.4 Å². The lowest BCUT2D eigenvalue weighted by Crippen LogP contribution is -2.23. The monoisotopic (exact) mass is 311 g/mol. The molecule has 0 saturated heterocycles. The molecule has 0 aliphatic rings. The lowest BCUT2D eigenvalue weighted by molar-refractivity contribution is 0.576. The molecule has 5 nitrogen and oxygen atoms in total.